The molecule has 0 aromatic carbocycles. The van der Waals surface area contributed by atoms with E-state index in [0.29, 0.717) is 26.1 Å². The quantitative estimate of drug-likeness (QED) is 0.298. The lowest BCUT2D eigenvalue weighted by Crippen LogP contribution is -2.54. The molecule has 1 amide bonds. The van der Waals surface area contributed by atoms with E-state index in [1.165, 1.54) is 12.8 Å². The highest BCUT2D eigenvalue weighted by atomic mass is 16.5. The first-order valence-corrected chi connectivity index (χ1v) is 6.95. The number of amidine groups is 1. The number of rotatable bonds is 5. The van der Waals surface area contributed by atoms with E-state index in [-0.39, 0.29) is 17.8 Å². The second kappa shape index (κ2) is 5.77. The highest BCUT2D eigenvalue weighted by Gasteiger charge is 2.45. The van der Waals surface area contributed by atoms with E-state index < -0.39 is 5.41 Å². The second-order valence-corrected chi connectivity index (χ2v) is 5.73. The third-order valence-electron chi connectivity index (χ3n) is 4.14. The Morgan fingerprint density at radius 1 is 1.53 bits per heavy atom. The molecule has 1 unspecified atom stereocenters. The zero-order valence-corrected chi connectivity index (χ0v) is 11.4. The fourth-order valence-corrected chi connectivity index (χ4v) is 2.69. The van der Waals surface area contributed by atoms with Crippen LogP contribution >= 0.6 is 0 Å². The Kier molecular flexibility index (Phi) is 4.29. The number of oxime groups is 1. The van der Waals surface area contributed by atoms with E-state index in [0.717, 1.165) is 12.3 Å². The minimum Gasteiger partial charge on any atom is -0.409 e. The van der Waals surface area contributed by atoms with Gasteiger partial charge < -0.3 is 21.0 Å². The number of nitrogens with one attached hydrogen (secondary N) is 1. The van der Waals surface area contributed by atoms with Crippen LogP contribution in [0.1, 0.15) is 39.0 Å². The molecule has 4 N–H and O–H groups in total. The van der Waals surface area contributed by atoms with Crippen molar-refractivity contribution in [1.82, 2.24) is 5.32 Å². The largest absolute Gasteiger partial charge is 0.409 e. The smallest absolute Gasteiger partial charge is 0.234 e. The van der Waals surface area contributed by atoms with Gasteiger partial charge in [0.1, 0.15) is 5.41 Å². The summed E-state index contributed by atoms with van der Waals surface area (Å²) in [6, 6.07) is 0.131. The highest BCUT2D eigenvalue weighted by molar-refractivity contribution is 6.06. The monoisotopic (exact) mass is 269 g/mol. The lowest BCUT2D eigenvalue weighted by molar-refractivity contribution is -0.132. The van der Waals surface area contributed by atoms with Gasteiger partial charge in [0.25, 0.3) is 0 Å². The molecule has 0 aromatic rings. The van der Waals surface area contributed by atoms with Crippen molar-refractivity contribution in [2.45, 2.75) is 45.1 Å². The molecule has 1 aliphatic heterocycles. The normalized spacial score (nSPS) is 24.8. The predicted octanol–water partition coefficient (Wildman–Crippen LogP) is 0.834. The topological polar surface area (TPSA) is 96.9 Å². The van der Waals surface area contributed by atoms with Crippen molar-refractivity contribution in [3.63, 3.8) is 0 Å². The fraction of sp³-hybridized carbons (Fsp3) is 0.846. The van der Waals surface area contributed by atoms with E-state index in [1.54, 1.807) is 0 Å². The molecule has 0 spiro atoms. The SMILES string of the molecule is CC(CC1CC1)NC(=O)C1(C(N)=NO)CCOCC1. The average Bonchev–Trinajstić information content (AvgIpc) is 3.22. The van der Waals surface area contributed by atoms with Crippen molar-refractivity contribution in [2.75, 3.05) is 13.2 Å². The Hall–Kier alpha value is -1.30. The molecule has 2 fully saturated rings. The molecule has 0 bridgehead atoms. The summed E-state index contributed by atoms with van der Waals surface area (Å²) in [5.41, 5.74) is 4.84. The minimum atomic E-state index is -0.912. The molecule has 19 heavy (non-hydrogen) atoms. The maximum absolute atomic E-state index is 12.5. The van der Waals surface area contributed by atoms with Crippen LogP contribution in [0, 0.1) is 11.3 Å². The van der Waals surface area contributed by atoms with E-state index in [2.05, 4.69) is 10.5 Å². The summed E-state index contributed by atoms with van der Waals surface area (Å²) in [5, 5.41) is 15.0. The van der Waals surface area contributed by atoms with Crippen LogP contribution in [0.4, 0.5) is 0 Å². The molecule has 0 aromatic heterocycles. The van der Waals surface area contributed by atoms with Gasteiger partial charge in [-0.2, -0.15) is 0 Å². The molecule has 0 radical (unpaired) electrons. The lowest BCUT2D eigenvalue weighted by atomic mass is 9.78. The standard InChI is InChI=1S/C13H23N3O3/c1-9(8-10-2-3-10)15-12(17)13(11(14)16-18)4-6-19-7-5-13/h9-10,18H,2-8H2,1H3,(H2,14,16)(H,15,17). The van der Waals surface area contributed by atoms with Crippen molar-refractivity contribution in [1.29, 1.82) is 0 Å². The maximum atomic E-state index is 12.5. The van der Waals surface area contributed by atoms with E-state index >= 15 is 0 Å². The van der Waals surface area contributed by atoms with Crippen LogP contribution in [0.25, 0.3) is 0 Å². The van der Waals surface area contributed by atoms with Crippen molar-refractivity contribution in [2.24, 2.45) is 22.2 Å². The zero-order valence-electron chi connectivity index (χ0n) is 11.4. The van der Waals surface area contributed by atoms with Gasteiger partial charge in [0.05, 0.1) is 0 Å². The van der Waals surface area contributed by atoms with Gasteiger partial charge in [-0.25, -0.2) is 0 Å². The van der Waals surface area contributed by atoms with E-state index in [1.807, 2.05) is 6.92 Å². The fourth-order valence-electron chi connectivity index (χ4n) is 2.69. The van der Waals surface area contributed by atoms with Gasteiger partial charge in [-0.1, -0.05) is 18.0 Å². The van der Waals surface area contributed by atoms with Gasteiger partial charge in [-0.3, -0.25) is 4.79 Å². The molecule has 1 saturated carbocycles. The molecule has 2 rings (SSSR count). The molecule has 6 nitrogen and oxygen atoms in total. The van der Waals surface area contributed by atoms with Crippen LogP contribution in [0.15, 0.2) is 5.16 Å². The van der Waals surface area contributed by atoms with Crippen molar-refractivity contribution in [3.05, 3.63) is 0 Å². The number of nitrogens with zero attached hydrogens (tertiary/aromatic N) is 1. The Morgan fingerprint density at radius 2 is 2.16 bits per heavy atom. The zero-order chi connectivity index (χ0) is 13.9. The molecule has 1 saturated heterocycles. The van der Waals surface area contributed by atoms with Gasteiger partial charge in [-0.15, -0.1) is 0 Å². The number of hydrogen-bond acceptors (Lipinski definition) is 4. The number of carbonyl (C=O) groups is 1. The van der Waals surface area contributed by atoms with Gasteiger partial charge in [0.2, 0.25) is 5.91 Å². The average molecular weight is 269 g/mol. The van der Waals surface area contributed by atoms with Gasteiger partial charge >= 0.3 is 0 Å². The summed E-state index contributed by atoms with van der Waals surface area (Å²) < 4.78 is 5.28. The number of carbonyl (C=O) groups excluding carboxylic acids is 1. The first kappa shape index (κ1) is 14.1. The van der Waals surface area contributed by atoms with Crippen LogP contribution in [0.3, 0.4) is 0 Å². The maximum Gasteiger partial charge on any atom is 0.234 e. The lowest BCUT2D eigenvalue weighted by Gasteiger charge is -2.35. The van der Waals surface area contributed by atoms with Crippen molar-refractivity contribution in [3.8, 4) is 0 Å². The van der Waals surface area contributed by atoms with Gasteiger partial charge in [0.15, 0.2) is 5.84 Å². The van der Waals surface area contributed by atoms with E-state index in [9.17, 15) is 4.79 Å². The first-order chi connectivity index (χ1) is 9.08. The summed E-state index contributed by atoms with van der Waals surface area (Å²) >= 11 is 0. The Bertz CT molecular complexity index is 360. The summed E-state index contributed by atoms with van der Waals surface area (Å²) in [6.45, 7) is 2.93. The molecule has 1 atom stereocenters. The van der Waals surface area contributed by atoms with Crippen LogP contribution in [0.2, 0.25) is 0 Å². The third kappa shape index (κ3) is 3.18. The number of ether oxygens (including phenoxy) is 1. The Labute approximate surface area is 113 Å². The summed E-state index contributed by atoms with van der Waals surface area (Å²) in [5.74, 6) is 0.607. The molecule has 1 aliphatic carbocycles. The number of amides is 1. The summed E-state index contributed by atoms with van der Waals surface area (Å²) in [6.07, 6.45) is 4.46. The van der Waals surface area contributed by atoms with Gasteiger partial charge in [0, 0.05) is 19.3 Å². The number of hydrogen-bond donors (Lipinski definition) is 3. The second-order valence-electron chi connectivity index (χ2n) is 5.73. The van der Waals surface area contributed by atoms with Crippen LogP contribution in [0.5, 0.6) is 0 Å². The molecular weight excluding hydrogens is 246 g/mol. The first-order valence-electron chi connectivity index (χ1n) is 6.95. The summed E-state index contributed by atoms with van der Waals surface area (Å²) in [7, 11) is 0. The molecule has 1 heterocycles. The van der Waals surface area contributed by atoms with Crippen LogP contribution in [-0.4, -0.2) is 36.2 Å². The Balaban J connectivity index is 2.02. The predicted molar refractivity (Wildman–Crippen MR) is 70.8 cm³/mol. The van der Waals surface area contributed by atoms with E-state index in [4.69, 9.17) is 15.7 Å². The van der Waals surface area contributed by atoms with Gasteiger partial charge in [-0.05, 0) is 32.1 Å². The van der Waals surface area contributed by atoms with Crippen LogP contribution < -0.4 is 11.1 Å². The molecular formula is C13H23N3O3. The third-order valence-corrected chi connectivity index (χ3v) is 4.14. The minimum absolute atomic E-state index is 0.00748. The Morgan fingerprint density at radius 3 is 2.68 bits per heavy atom. The van der Waals surface area contributed by atoms with Crippen LogP contribution in [-0.2, 0) is 9.53 Å². The molecule has 6 heteroatoms. The summed E-state index contributed by atoms with van der Waals surface area (Å²) in [4.78, 5) is 12.5. The highest BCUT2D eigenvalue weighted by Crippen LogP contribution is 2.35. The van der Waals surface area contributed by atoms with Crippen molar-refractivity contribution < 1.29 is 14.7 Å². The number of nitrogens with two attached hydrogens (primary N) is 1. The molecule has 2 aliphatic rings. The van der Waals surface area contributed by atoms with Crippen molar-refractivity contribution >= 4 is 11.7 Å². The molecule has 108 valence electrons.